The SMILES string of the molecule is Cn1nc2cc(O)ccc2c1C(C)(C)C. The molecule has 0 radical (unpaired) electrons. The van der Waals surface area contributed by atoms with Gasteiger partial charge in [0.2, 0.25) is 0 Å². The fourth-order valence-corrected chi connectivity index (χ4v) is 2.08. The largest absolute Gasteiger partial charge is 0.508 e. The predicted molar refractivity (Wildman–Crippen MR) is 61.1 cm³/mol. The van der Waals surface area contributed by atoms with E-state index in [9.17, 15) is 5.11 Å². The molecule has 0 aliphatic carbocycles. The Kier molecular flexibility index (Phi) is 2.00. The molecular weight excluding hydrogens is 188 g/mol. The van der Waals surface area contributed by atoms with Gasteiger partial charge in [0.1, 0.15) is 5.75 Å². The first-order valence-electron chi connectivity index (χ1n) is 5.06. The van der Waals surface area contributed by atoms with Gasteiger partial charge in [-0.1, -0.05) is 20.8 Å². The van der Waals surface area contributed by atoms with E-state index in [-0.39, 0.29) is 11.2 Å². The Morgan fingerprint density at radius 2 is 1.93 bits per heavy atom. The van der Waals surface area contributed by atoms with Crippen LogP contribution >= 0.6 is 0 Å². The van der Waals surface area contributed by atoms with Crippen LogP contribution in [-0.4, -0.2) is 14.9 Å². The molecule has 0 aliphatic rings. The normalized spacial score (nSPS) is 12.3. The van der Waals surface area contributed by atoms with E-state index in [1.54, 1.807) is 12.1 Å². The highest BCUT2D eigenvalue weighted by Gasteiger charge is 2.21. The fraction of sp³-hybridized carbons (Fsp3) is 0.417. The van der Waals surface area contributed by atoms with E-state index in [0.717, 1.165) is 10.9 Å². The second kappa shape index (κ2) is 2.99. The molecule has 2 aromatic rings. The molecule has 0 atom stereocenters. The molecule has 0 unspecified atom stereocenters. The van der Waals surface area contributed by atoms with Crippen molar-refractivity contribution in [3.63, 3.8) is 0 Å². The second-order valence-electron chi connectivity index (χ2n) is 4.92. The molecule has 0 saturated heterocycles. The maximum atomic E-state index is 9.38. The quantitative estimate of drug-likeness (QED) is 0.716. The molecule has 0 saturated carbocycles. The van der Waals surface area contributed by atoms with E-state index >= 15 is 0 Å². The van der Waals surface area contributed by atoms with Crippen LogP contribution in [0.15, 0.2) is 18.2 Å². The summed E-state index contributed by atoms with van der Waals surface area (Å²) in [6, 6.07) is 5.34. The van der Waals surface area contributed by atoms with Gasteiger partial charge in [-0.25, -0.2) is 0 Å². The number of aromatic nitrogens is 2. The van der Waals surface area contributed by atoms with Crippen LogP contribution in [0.2, 0.25) is 0 Å². The molecule has 15 heavy (non-hydrogen) atoms. The Balaban J connectivity index is 2.80. The summed E-state index contributed by atoms with van der Waals surface area (Å²) in [4.78, 5) is 0. The van der Waals surface area contributed by atoms with E-state index in [2.05, 4.69) is 25.9 Å². The fourth-order valence-electron chi connectivity index (χ4n) is 2.08. The number of aryl methyl sites for hydroxylation is 1. The molecule has 0 amide bonds. The van der Waals surface area contributed by atoms with E-state index in [0.29, 0.717) is 0 Å². The Labute approximate surface area is 89.3 Å². The van der Waals surface area contributed by atoms with Gasteiger partial charge in [0, 0.05) is 23.9 Å². The molecule has 1 aromatic heterocycles. The number of nitrogens with zero attached hydrogens (tertiary/aromatic N) is 2. The summed E-state index contributed by atoms with van der Waals surface area (Å²) in [5, 5.41) is 14.9. The third kappa shape index (κ3) is 1.58. The summed E-state index contributed by atoms with van der Waals surface area (Å²) < 4.78 is 1.89. The van der Waals surface area contributed by atoms with Gasteiger partial charge in [0.15, 0.2) is 0 Å². The lowest BCUT2D eigenvalue weighted by Crippen LogP contribution is -2.16. The summed E-state index contributed by atoms with van der Waals surface area (Å²) >= 11 is 0. The lowest BCUT2D eigenvalue weighted by molar-refractivity contribution is 0.476. The summed E-state index contributed by atoms with van der Waals surface area (Å²) in [5.74, 6) is 0.265. The zero-order valence-corrected chi connectivity index (χ0v) is 9.57. The molecule has 3 heteroatoms. The maximum Gasteiger partial charge on any atom is 0.117 e. The van der Waals surface area contributed by atoms with Crippen molar-refractivity contribution in [1.29, 1.82) is 0 Å². The minimum atomic E-state index is 0.0560. The summed E-state index contributed by atoms with van der Waals surface area (Å²) in [6.07, 6.45) is 0. The van der Waals surface area contributed by atoms with Crippen molar-refractivity contribution >= 4 is 10.9 Å². The molecule has 80 valence electrons. The molecule has 0 fully saturated rings. The van der Waals surface area contributed by atoms with Crippen molar-refractivity contribution in [3.05, 3.63) is 23.9 Å². The van der Waals surface area contributed by atoms with Crippen LogP contribution in [0.3, 0.4) is 0 Å². The van der Waals surface area contributed by atoms with Gasteiger partial charge in [0.25, 0.3) is 0 Å². The number of phenols is 1. The molecule has 1 N–H and O–H groups in total. The van der Waals surface area contributed by atoms with Crippen LogP contribution in [0.1, 0.15) is 26.5 Å². The third-order valence-electron chi connectivity index (χ3n) is 2.53. The minimum absolute atomic E-state index is 0.0560. The molecule has 0 bridgehead atoms. The molecule has 0 spiro atoms. The van der Waals surface area contributed by atoms with Crippen molar-refractivity contribution in [2.75, 3.05) is 0 Å². The number of aromatic hydroxyl groups is 1. The van der Waals surface area contributed by atoms with Gasteiger partial charge in [-0.05, 0) is 12.1 Å². The molecule has 2 rings (SSSR count). The third-order valence-corrected chi connectivity index (χ3v) is 2.53. The van der Waals surface area contributed by atoms with Crippen LogP contribution < -0.4 is 0 Å². The lowest BCUT2D eigenvalue weighted by atomic mass is 9.89. The van der Waals surface area contributed by atoms with Gasteiger partial charge in [-0.3, -0.25) is 4.68 Å². The van der Waals surface area contributed by atoms with Crippen LogP contribution in [0, 0.1) is 0 Å². The van der Waals surface area contributed by atoms with Crippen LogP contribution in [0.4, 0.5) is 0 Å². The number of hydrogen-bond acceptors (Lipinski definition) is 2. The Hall–Kier alpha value is -1.51. The number of hydrogen-bond donors (Lipinski definition) is 1. The number of benzene rings is 1. The topological polar surface area (TPSA) is 38.0 Å². The van der Waals surface area contributed by atoms with Gasteiger partial charge in [0.05, 0.1) is 11.2 Å². The van der Waals surface area contributed by atoms with E-state index in [1.807, 2.05) is 17.8 Å². The highest BCUT2D eigenvalue weighted by Crippen LogP contribution is 2.30. The summed E-state index contributed by atoms with van der Waals surface area (Å²) in [6.45, 7) is 6.49. The molecular formula is C12H16N2O. The Bertz CT molecular complexity index is 506. The molecule has 1 aromatic carbocycles. The standard InChI is InChI=1S/C12H16N2O/c1-12(2,3)11-9-6-5-8(15)7-10(9)13-14(11)4/h5-7,15H,1-4H3. The number of rotatable bonds is 0. The van der Waals surface area contributed by atoms with Gasteiger partial charge in [-0.2, -0.15) is 5.10 Å². The van der Waals surface area contributed by atoms with Crippen LogP contribution in [-0.2, 0) is 12.5 Å². The zero-order chi connectivity index (χ0) is 11.2. The van der Waals surface area contributed by atoms with Gasteiger partial charge >= 0.3 is 0 Å². The van der Waals surface area contributed by atoms with Crippen molar-refractivity contribution in [2.45, 2.75) is 26.2 Å². The van der Waals surface area contributed by atoms with E-state index < -0.39 is 0 Å². The molecule has 1 heterocycles. The van der Waals surface area contributed by atoms with E-state index in [1.165, 1.54) is 5.69 Å². The van der Waals surface area contributed by atoms with E-state index in [4.69, 9.17) is 0 Å². The van der Waals surface area contributed by atoms with Crippen molar-refractivity contribution in [2.24, 2.45) is 7.05 Å². The van der Waals surface area contributed by atoms with Crippen molar-refractivity contribution in [1.82, 2.24) is 9.78 Å². The highest BCUT2D eigenvalue weighted by atomic mass is 16.3. The van der Waals surface area contributed by atoms with Gasteiger partial charge < -0.3 is 5.11 Å². The average Bonchev–Trinajstić information content (AvgIpc) is 2.38. The summed E-state index contributed by atoms with van der Waals surface area (Å²) in [5.41, 5.74) is 2.10. The first kappa shape index (κ1) is 10.0. The first-order chi connectivity index (χ1) is 6.89. The molecule has 3 nitrogen and oxygen atoms in total. The highest BCUT2D eigenvalue weighted by molar-refractivity contribution is 5.83. The first-order valence-corrected chi connectivity index (χ1v) is 5.06. The lowest BCUT2D eigenvalue weighted by Gasteiger charge is -2.19. The Morgan fingerprint density at radius 1 is 1.27 bits per heavy atom. The monoisotopic (exact) mass is 204 g/mol. The average molecular weight is 204 g/mol. The zero-order valence-electron chi connectivity index (χ0n) is 9.57. The molecule has 0 aliphatic heterocycles. The number of fused-ring (bicyclic) bond motifs is 1. The predicted octanol–water partition coefficient (Wildman–Crippen LogP) is 2.58. The van der Waals surface area contributed by atoms with Crippen molar-refractivity contribution < 1.29 is 5.11 Å². The maximum absolute atomic E-state index is 9.38. The van der Waals surface area contributed by atoms with Crippen molar-refractivity contribution in [3.8, 4) is 5.75 Å². The Morgan fingerprint density at radius 3 is 2.53 bits per heavy atom. The van der Waals surface area contributed by atoms with Gasteiger partial charge in [-0.15, -0.1) is 0 Å². The number of phenolic OH excluding ortho intramolecular Hbond substituents is 1. The second-order valence-corrected chi connectivity index (χ2v) is 4.92. The van der Waals surface area contributed by atoms with Crippen LogP contribution in [0.5, 0.6) is 5.75 Å². The minimum Gasteiger partial charge on any atom is -0.508 e. The summed E-state index contributed by atoms with van der Waals surface area (Å²) in [7, 11) is 1.94. The smallest absolute Gasteiger partial charge is 0.117 e. The van der Waals surface area contributed by atoms with Crippen LogP contribution in [0.25, 0.3) is 10.9 Å².